The van der Waals surface area contributed by atoms with E-state index in [0.29, 0.717) is 23.2 Å². The number of anilines is 2. The number of hydrogen-bond acceptors (Lipinski definition) is 5. The maximum Gasteiger partial charge on any atom is 0.274 e. The lowest BCUT2D eigenvalue weighted by molar-refractivity contribution is 0.102. The molecule has 0 radical (unpaired) electrons. The van der Waals surface area contributed by atoms with Crippen molar-refractivity contribution < 1.29 is 4.79 Å². The lowest BCUT2D eigenvalue weighted by atomic mass is 10.2. The van der Waals surface area contributed by atoms with Gasteiger partial charge in [-0.2, -0.15) is 0 Å². The first-order valence-corrected chi connectivity index (χ1v) is 8.53. The number of amides is 1. The molecule has 0 atom stereocenters. The maximum absolute atomic E-state index is 12.6. The van der Waals surface area contributed by atoms with Gasteiger partial charge in [0.2, 0.25) is 0 Å². The van der Waals surface area contributed by atoms with Gasteiger partial charge in [0.05, 0.1) is 11.2 Å². The number of nitrogens with one attached hydrogen (secondary N) is 2. The number of benzene rings is 1. The second kappa shape index (κ2) is 6.84. The summed E-state index contributed by atoms with van der Waals surface area (Å²) >= 11 is 0. The Kier molecular flexibility index (Phi) is 4.24. The SMILES string of the molecule is O=C(Nc1cccc2cccnc12)c1cc(NC2CCCC2)ncn1. The molecule has 6 heteroatoms. The van der Waals surface area contributed by atoms with Crippen LogP contribution in [-0.2, 0) is 0 Å². The van der Waals surface area contributed by atoms with Gasteiger partial charge in [-0.3, -0.25) is 9.78 Å². The van der Waals surface area contributed by atoms with Crippen molar-refractivity contribution in [1.82, 2.24) is 15.0 Å². The van der Waals surface area contributed by atoms with Gasteiger partial charge in [-0.25, -0.2) is 9.97 Å². The zero-order chi connectivity index (χ0) is 17.1. The van der Waals surface area contributed by atoms with Gasteiger partial charge in [0, 0.05) is 23.7 Å². The van der Waals surface area contributed by atoms with Gasteiger partial charge < -0.3 is 10.6 Å². The van der Waals surface area contributed by atoms with Crippen molar-refractivity contribution in [3.8, 4) is 0 Å². The van der Waals surface area contributed by atoms with E-state index in [2.05, 4.69) is 25.6 Å². The van der Waals surface area contributed by atoms with Crippen molar-refractivity contribution in [1.29, 1.82) is 0 Å². The summed E-state index contributed by atoms with van der Waals surface area (Å²) in [6.45, 7) is 0. The van der Waals surface area contributed by atoms with E-state index in [9.17, 15) is 4.79 Å². The molecule has 1 aliphatic rings. The Morgan fingerprint density at radius 3 is 2.76 bits per heavy atom. The molecule has 126 valence electrons. The van der Waals surface area contributed by atoms with E-state index < -0.39 is 0 Å². The third kappa shape index (κ3) is 3.42. The summed E-state index contributed by atoms with van der Waals surface area (Å²) in [5.74, 6) is 0.429. The molecule has 1 saturated carbocycles. The summed E-state index contributed by atoms with van der Waals surface area (Å²) in [4.78, 5) is 25.3. The second-order valence-corrected chi connectivity index (χ2v) is 6.25. The molecule has 25 heavy (non-hydrogen) atoms. The minimum atomic E-state index is -0.268. The summed E-state index contributed by atoms with van der Waals surface area (Å²) in [5.41, 5.74) is 1.77. The fourth-order valence-electron chi connectivity index (χ4n) is 3.23. The van der Waals surface area contributed by atoms with Crippen molar-refractivity contribution in [2.24, 2.45) is 0 Å². The highest BCUT2D eigenvalue weighted by molar-refractivity contribution is 6.07. The molecule has 1 amide bonds. The average molecular weight is 333 g/mol. The molecule has 2 aromatic heterocycles. The third-order valence-electron chi connectivity index (χ3n) is 4.49. The van der Waals surface area contributed by atoms with E-state index in [0.717, 1.165) is 23.7 Å². The van der Waals surface area contributed by atoms with Gasteiger partial charge >= 0.3 is 0 Å². The van der Waals surface area contributed by atoms with E-state index in [1.165, 1.54) is 19.2 Å². The highest BCUT2D eigenvalue weighted by atomic mass is 16.1. The average Bonchev–Trinajstić information content (AvgIpc) is 3.15. The van der Waals surface area contributed by atoms with Crippen LogP contribution < -0.4 is 10.6 Å². The monoisotopic (exact) mass is 333 g/mol. The van der Waals surface area contributed by atoms with Crippen molar-refractivity contribution in [2.45, 2.75) is 31.7 Å². The molecular weight excluding hydrogens is 314 g/mol. The third-order valence-corrected chi connectivity index (χ3v) is 4.49. The Hall–Kier alpha value is -3.02. The number of para-hydroxylation sites is 1. The Labute approximate surface area is 145 Å². The van der Waals surface area contributed by atoms with Crippen LogP contribution in [0, 0.1) is 0 Å². The molecular formula is C19H19N5O. The van der Waals surface area contributed by atoms with Crippen LogP contribution in [0.25, 0.3) is 10.9 Å². The number of pyridine rings is 1. The molecule has 6 nitrogen and oxygen atoms in total. The Morgan fingerprint density at radius 1 is 1.04 bits per heavy atom. The van der Waals surface area contributed by atoms with E-state index >= 15 is 0 Å². The van der Waals surface area contributed by atoms with Gasteiger partial charge in [0.1, 0.15) is 17.8 Å². The number of nitrogens with zero attached hydrogens (tertiary/aromatic N) is 3. The Balaban J connectivity index is 1.54. The lowest BCUT2D eigenvalue weighted by Gasteiger charge is -2.13. The van der Waals surface area contributed by atoms with Gasteiger partial charge in [-0.05, 0) is 25.0 Å². The number of carbonyl (C=O) groups is 1. The predicted molar refractivity (Wildman–Crippen MR) is 97.6 cm³/mol. The van der Waals surface area contributed by atoms with Gasteiger partial charge in [0.25, 0.3) is 5.91 Å². The molecule has 0 bridgehead atoms. The van der Waals surface area contributed by atoms with Gasteiger partial charge in [-0.1, -0.05) is 31.0 Å². The standard InChI is InChI=1S/C19H19N5O/c25-19(24-15-9-3-5-13-6-4-10-20-18(13)15)16-11-17(22-12-21-16)23-14-7-1-2-8-14/h3-6,9-12,14H,1-2,7-8H2,(H,24,25)(H,21,22,23). The fourth-order valence-corrected chi connectivity index (χ4v) is 3.23. The van der Waals surface area contributed by atoms with Crippen LogP contribution in [0.2, 0.25) is 0 Å². The van der Waals surface area contributed by atoms with Crippen LogP contribution in [0.3, 0.4) is 0 Å². The lowest BCUT2D eigenvalue weighted by Crippen LogP contribution is -2.18. The molecule has 0 aliphatic heterocycles. The van der Waals surface area contributed by atoms with E-state index in [1.54, 1.807) is 12.3 Å². The molecule has 4 rings (SSSR count). The fraction of sp³-hybridized carbons (Fsp3) is 0.263. The van der Waals surface area contributed by atoms with E-state index in [-0.39, 0.29) is 5.91 Å². The highest BCUT2D eigenvalue weighted by Crippen LogP contribution is 2.23. The van der Waals surface area contributed by atoms with Gasteiger partial charge in [-0.15, -0.1) is 0 Å². The molecule has 1 fully saturated rings. The van der Waals surface area contributed by atoms with Crippen molar-refractivity contribution in [3.63, 3.8) is 0 Å². The van der Waals surface area contributed by atoms with Crippen LogP contribution in [-0.4, -0.2) is 26.9 Å². The predicted octanol–water partition coefficient (Wildman–Crippen LogP) is 3.63. The molecule has 3 aromatic rings. The topological polar surface area (TPSA) is 79.8 Å². The minimum Gasteiger partial charge on any atom is -0.367 e. The molecule has 0 saturated heterocycles. The molecule has 1 aromatic carbocycles. The number of fused-ring (bicyclic) bond motifs is 1. The van der Waals surface area contributed by atoms with Crippen molar-refractivity contribution >= 4 is 28.3 Å². The largest absolute Gasteiger partial charge is 0.367 e. The summed E-state index contributed by atoms with van der Waals surface area (Å²) in [6, 6.07) is 11.7. The van der Waals surface area contributed by atoms with Crippen LogP contribution >= 0.6 is 0 Å². The number of hydrogen-bond donors (Lipinski definition) is 2. The minimum absolute atomic E-state index is 0.268. The van der Waals surface area contributed by atoms with E-state index in [4.69, 9.17) is 0 Å². The van der Waals surface area contributed by atoms with Crippen LogP contribution in [0.1, 0.15) is 36.2 Å². The highest BCUT2D eigenvalue weighted by Gasteiger charge is 2.16. The summed E-state index contributed by atoms with van der Waals surface area (Å²) in [6.07, 6.45) is 7.91. The van der Waals surface area contributed by atoms with Crippen molar-refractivity contribution in [3.05, 3.63) is 54.6 Å². The Morgan fingerprint density at radius 2 is 1.88 bits per heavy atom. The van der Waals surface area contributed by atoms with Crippen molar-refractivity contribution in [2.75, 3.05) is 10.6 Å². The van der Waals surface area contributed by atoms with Crippen LogP contribution in [0.4, 0.5) is 11.5 Å². The first-order chi connectivity index (χ1) is 12.3. The molecule has 0 spiro atoms. The molecule has 1 aliphatic carbocycles. The second-order valence-electron chi connectivity index (χ2n) is 6.25. The van der Waals surface area contributed by atoms with Crippen LogP contribution in [0.5, 0.6) is 0 Å². The molecule has 0 unspecified atom stereocenters. The van der Waals surface area contributed by atoms with Crippen LogP contribution in [0.15, 0.2) is 48.9 Å². The zero-order valence-corrected chi connectivity index (χ0v) is 13.8. The van der Waals surface area contributed by atoms with Gasteiger partial charge in [0.15, 0.2) is 0 Å². The van der Waals surface area contributed by atoms with E-state index in [1.807, 2.05) is 30.3 Å². The smallest absolute Gasteiger partial charge is 0.274 e. The first-order valence-electron chi connectivity index (χ1n) is 8.53. The number of rotatable bonds is 4. The zero-order valence-electron chi connectivity index (χ0n) is 13.8. The normalized spacial score (nSPS) is 14.6. The number of aromatic nitrogens is 3. The maximum atomic E-state index is 12.6. The Bertz CT molecular complexity index is 900. The molecule has 2 N–H and O–H groups in total. The molecule has 2 heterocycles. The summed E-state index contributed by atoms with van der Waals surface area (Å²) < 4.78 is 0. The summed E-state index contributed by atoms with van der Waals surface area (Å²) in [5, 5.41) is 7.27. The number of carbonyl (C=O) groups excluding carboxylic acids is 1. The summed E-state index contributed by atoms with van der Waals surface area (Å²) in [7, 11) is 0. The first kappa shape index (κ1) is 15.5. The quantitative estimate of drug-likeness (QED) is 0.762.